The zero-order valence-corrected chi connectivity index (χ0v) is 25.5. The number of nitrogens with one attached hydrogen (secondary N) is 2. The van der Waals surface area contributed by atoms with Crippen LogP contribution in [-0.2, 0) is 14.4 Å². The second-order valence-electron chi connectivity index (χ2n) is 10.7. The molecule has 7 atom stereocenters. The van der Waals surface area contributed by atoms with Gasteiger partial charge in [0.1, 0.15) is 6.04 Å². The molecule has 8 nitrogen and oxygen atoms in total. The number of aliphatic hydroxyl groups excluding tert-OH is 1. The molecule has 3 aliphatic heterocycles. The third-order valence-corrected chi connectivity index (χ3v) is 11.9. The number of halogens is 1. The summed E-state index contributed by atoms with van der Waals surface area (Å²) in [4.78, 5) is 45.8. The van der Waals surface area contributed by atoms with E-state index in [0.717, 1.165) is 18.8 Å². The highest BCUT2D eigenvalue weighted by Crippen LogP contribution is 2.68. The molecule has 1 spiro atoms. The lowest BCUT2D eigenvalue weighted by Crippen LogP contribution is -2.55. The van der Waals surface area contributed by atoms with Gasteiger partial charge in [0, 0.05) is 40.2 Å². The number of carbonyl (C=O) groups excluding carboxylic acids is 3. The number of likely N-dealkylation sites (tertiary alicyclic amines) is 1. The Bertz CT molecular complexity index is 1240. The number of para-hydroxylation sites is 1. The smallest absolute Gasteiger partial charge is 0.248 e. The minimum atomic E-state index is -0.811. The van der Waals surface area contributed by atoms with Crippen molar-refractivity contribution < 1.29 is 19.5 Å². The summed E-state index contributed by atoms with van der Waals surface area (Å²) >= 11 is 5.38. The first-order chi connectivity index (χ1) is 19.3. The molecular weight excluding hydrogens is 592 g/mol. The topological polar surface area (TPSA) is 102 Å². The Morgan fingerprint density at radius 1 is 1.05 bits per heavy atom. The van der Waals surface area contributed by atoms with Crippen molar-refractivity contribution in [2.24, 2.45) is 11.8 Å². The summed E-state index contributed by atoms with van der Waals surface area (Å²) < 4.78 is -0.775. The van der Waals surface area contributed by atoms with E-state index >= 15 is 0 Å². The molecular formula is C30H37BrN4O4S. The van der Waals surface area contributed by atoms with Crippen LogP contribution in [0.25, 0.3) is 0 Å². The van der Waals surface area contributed by atoms with Crippen molar-refractivity contribution in [3.05, 3.63) is 54.6 Å². The molecule has 0 aliphatic carbocycles. The second-order valence-corrected chi connectivity index (χ2v) is 13.4. The summed E-state index contributed by atoms with van der Waals surface area (Å²) in [5, 5.41) is 16.2. The largest absolute Gasteiger partial charge is 0.394 e. The fourth-order valence-electron chi connectivity index (χ4n) is 6.78. The number of anilines is 3. The molecule has 3 amide bonds. The molecule has 3 N–H and O–H groups in total. The van der Waals surface area contributed by atoms with Gasteiger partial charge < -0.3 is 25.5 Å². The Morgan fingerprint density at radius 2 is 1.68 bits per heavy atom. The van der Waals surface area contributed by atoms with Crippen molar-refractivity contribution in [1.82, 2.24) is 4.90 Å². The van der Waals surface area contributed by atoms with Gasteiger partial charge in [-0.15, -0.1) is 11.8 Å². The number of nitrogens with zero attached hydrogens (tertiary/aromatic N) is 2. The van der Waals surface area contributed by atoms with Gasteiger partial charge in [0.25, 0.3) is 0 Å². The number of hydrogen-bond donors (Lipinski definition) is 3. The van der Waals surface area contributed by atoms with Crippen LogP contribution in [-0.4, -0.2) is 74.3 Å². The molecule has 3 heterocycles. The first kappa shape index (κ1) is 29.0. The normalized spacial score (nSPS) is 29.3. The minimum Gasteiger partial charge on any atom is -0.394 e. The summed E-state index contributed by atoms with van der Waals surface area (Å²) in [7, 11) is 0. The van der Waals surface area contributed by atoms with Gasteiger partial charge in [-0.25, -0.2) is 0 Å². The number of benzene rings is 2. The van der Waals surface area contributed by atoms with Gasteiger partial charge in [0.05, 0.1) is 29.2 Å². The molecule has 5 rings (SSSR count). The van der Waals surface area contributed by atoms with E-state index in [1.54, 1.807) is 16.7 Å². The molecule has 3 aliphatic rings. The molecule has 0 aromatic heterocycles. The predicted octanol–water partition coefficient (Wildman–Crippen LogP) is 4.35. The van der Waals surface area contributed by atoms with Crippen LogP contribution >= 0.6 is 27.7 Å². The van der Waals surface area contributed by atoms with Crippen LogP contribution in [0.3, 0.4) is 0 Å². The fourth-order valence-corrected chi connectivity index (χ4v) is 10.4. The van der Waals surface area contributed by atoms with Gasteiger partial charge in [0.15, 0.2) is 0 Å². The Morgan fingerprint density at radius 3 is 2.27 bits per heavy atom. The zero-order valence-electron chi connectivity index (χ0n) is 23.0. The van der Waals surface area contributed by atoms with Crippen molar-refractivity contribution in [3.8, 4) is 0 Å². The SMILES string of the molecule is CC[C@@H](CO)N1C(=O)[C@@H]2[C@H](C(=O)Nc3ccccc3)[C@H]3SC2(CC3Br)C1C(=O)Nc1ccc(N(CC)CC)cc1. The number of aliphatic hydroxyl groups is 1. The number of carbonyl (C=O) groups is 3. The van der Waals surface area contributed by atoms with E-state index < -0.39 is 28.7 Å². The summed E-state index contributed by atoms with van der Waals surface area (Å²) in [6.45, 7) is 7.62. The number of fused-ring (bicyclic) bond motifs is 1. The van der Waals surface area contributed by atoms with Crippen LogP contribution in [0.5, 0.6) is 0 Å². The highest BCUT2D eigenvalue weighted by Gasteiger charge is 2.76. The van der Waals surface area contributed by atoms with E-state index in [-0.39, 0.29) is 34.4 Å². The fraction of sp³-hybridized carbons (Fsp3) is 0.500. The number of amides is 3. The average Bonchev–Trinajstić information content (AvgIpc) is 3.55. The Balaban J connectivity index is 1.47. The standard InChI is InChI=1S/C30H37BrN4O4S/c1-4-20(17-36)35-26(28(38)33-19-12-14-21(15-13-19)34(5-2)6-3)30-16-22(31)25(40-30)23(24(30)29(35)39)27(37)32-18-10-8-7-9-11-18/h7-15,20,22-26,36H,4-6,16-17H2,1-3H3,(H,32,37)(H,33,38)/t20-,22?,23-,24-,25-,26?,30?/m0/s1. The van der Waals surface area contributed by atoms with E-state index in [9.17, 15) is 19.5 Å². The number of thioether (sulfide) groups is 1. The first-order valence-corrected chi connectivity index (χ1v) is 15.9. The van der Waals surface area contributed by atoms with Gasteiger partial charge >= 0.3 is 0 Å². The van der Waals surface area contributed by atoms with Gasteiger partial charge in [-0.1, -0.05) is 41.1 Å². The van der Waals surface area contributed by atoms with E-state index in [1.807, 2.05) is 61.5 Å². The quantitative estimate of drug-likeness (QED) is 0.338. The molecule has 2 bridgehead atoms. The molecule has 10 heteroatoms. The van der Waals surface area contributed by atoms with Gasteiger partial charge in [-0.05, 0) is 63.1 Å². The lowest BCUT2D eigenvalue weighted by molar-refractivity contribution is -0.141. The summed E-state index contributed by atoms with van der Waals surface area (Å²) in [5.41, 5.74) is 2.40. The molecule has 214 valence electrons. The summed E-state index contributed by atoms with van der Waals surface area (Å²) in [6, 6.07) is 15.6. The minimum absolute atomic E-state index is 0.0223. The molecule has 0 saturated carbocycles. The molecule has 0 radical (unpaired) electrons. The predicted molar refractivity (Wildman–Crippen MR) is 164 cm³/mol. The van der Waals surface area contributed by atoms with Crippen LogP contribution in [0.1, 0.15) is 33.6 Å². The lowest BCUT2D eigenvalue weighted by atomic mass is 9.70. The number of alkyl halides is 1. The third-order valence-electron chi connectivity index (χ3n) is 8.66. The van der Waals surface area contributed by atoms with Crippen LogP contribution < -0.4 is 15.5 Å². The third kappa shape index (κ3) is 4.81. The van der Waals surface area contributed by atoms with Crippen molar-refractivity contribution in [3.63, 3.8) is 0 Å². The van der Waals surface area contributed by atoms with E-state index in [1.165, 1.54) is 0 Å². The molecule has 3 saturated heterocycles. The van der Waals surface area contributed by atoms with Crippen LogP contribution in [0.4, 0.5) is 17.1 Å². The van der Waals surface area contributed by atoms with Crippen molar-refractivity contribution in [1.29, 1.82) is 0 Å². The highest BCUT2D eigenvalue weighted by atomic mass is 79.9. The average molecular weight is 630 g/mol. The van der Waals surface area contributed by atoms with Crippen LogP contribution in [0.15, 0.2) is 54.6 Å². The van der Waals surface area contributed by atoms with Crippen molar-refractivity contribution in [2.45, 2.75) is 60.5 Å². The Labute approximate surface area is 248 Å². The number of rotatable bonds is 10. The molecule has 3 unspecified atom stereocenters. The van der Waals surface area contributed by atoms with Crippen molar-refractivity contribution >= 4 is 62.5 Å². The summed E-state index contributed by atoms with van der Waals surface area (Å²) in [6.07, 6.45) is 1.09. The first-order valence-electron chi connectivity index (χ1n) is 14.1. The molecule has 2 aromatic carbocycles. The maximum atomic E-state index is 14.2. The second kappa shape index (κ2) is 11.7. The Hall–Kier alpha value is -2.56. The zero-order chi connectivity index (χ0) is 28.6. The van der Waals surface area contributed by atoms with Crippen LogP contribution in [0, 0.1) is 11.8 Å². The van der Waals surface area contributed by atoms with Crippen molar-refractivity contribution in [2.75, 3.05) is 35.2 Å². The Kier molecular flexibility index (Phi) is 8.50. The van der Waals surface area contributed by atoms with Gasteiger partial charge in [0.2, 0.25) is 17.7 Å². The summed E-state index contributed by atoms with van der Waals surface area (Å²) in [5.74, 6) is -1.96. The monoisotopic (exact) mass is 628 g/mol. The van der Waals surface area contributed by atoms with Crippen LogP contribution in [0.2, 0.25) is 0 Å². The lowest BCUT2D eigenvalue weighted by Gasteiger charge is -2.37. The number of hydrogen-bond acceptors (Lipinski definition) is 6. The van der Waals surface area contributed by atoms with E-state index in [2.05, 4.69) is 45.3 Å². The highest BCUT2D eigenvalue weighted by molar-refractivity contribution is 9.09. The van der Waals surface area contributed by atoms with Gasteiger partial charge in [-0.2, -0.15) is 0 Å². The van der Waals surface area contributed by atoms with E-state index in [0.29, 0.717) is 24.2 Å². The maximum Gasteiger partial charge on any atom is 0.248 e. The molecule has 3 fully saturated rings. The molecule has 2 aromatic rings. The van der Waals surface area contributed by atoms with E-state index in [4.69, 9.17) is 0 Å². The van der Waals surface area contributed by atoms with Gasteiger partial charge in [-0.3, -0.25) is 14.4 Å². The maximum absolute atomic E-state index is 14.2. The molecule has 40 heavy (non-hydrogen) atoms.